The van der Waals surface area contributed by atoms with E-state index >= 15 is 0 Å². The smallest absolute Gasteiger partial charge is 0.407 e. The number of nitrogens with one attached hydrogen (secondary N) is 2. The number of carboxylic acids is 1. The van der Waals surface area contributed by atoms with E-state index in [2.05, 4.69) is 10.6 Å². The number of imide groups is 1. The molecular formula is C19H29N3O7. The van der Waals surface area contributed by atoms with Crippen molar-refractivity contribution < 1.29 is 33.8 Å². The number of ether oxygens (including phenoxy) is 1. The molecule has 0 aromatic carbocycles. The van der Waals surface area contributed by atoms with Crippen LogP contribution in [0.5, 0.6) is 0 Å². The molecule has 4 amide bonds. The number of rotatable bonds is 11. The van der Waals surface area contributed by atoms with Crippen LogP contribution >= 0.6 is 0 Å². The first-order chi connectivity index (χ1) is 13.5. The highest BCUT2D eigenvalue weighted by molar-refractivity contribution is 6.12. The normalized spacial score (nSPS) is 14.7. The van der Waals surface area contributed by atoms with Crippen molar-refractivity contribution in [2.45, 2.75) is 64.5 Å². The molecule has 0 aromatic rings. The van der Waals surface area contributed by atoms with E-state index in [1.807, 2.05) is 0 Å². The maximum Gasteiger partial charge on any atom is 0.407 e. The van der Waals surface area contributed by atoms with E-state index in [0.29, 0.717) is 19.4 Å². The Bertz CT molecular complexity index is 649. The Balaban J connectivity index is 2.24. The minimum atomic E-state index is -1.15. The third kappa shape index (κ3) is 9.72. The van der Waals surface area contributed by atoms with Gasteiger partial charge in [0.25, 0.3) is 11.8 Å². The largest absolute Gasteiger partial charge is 0.480 e. The summed E-state index contributed by atoms with van der Waals surface area (Å²) in [5.41, 5.74) is -0.589. The molecule has 0 unspecified atom stereocenters. The van der Waals surface area contributed by atoms with Crippen molar-refractivity contribution >= 4 is 29.8 Å². The van der Waals surface area contributed by atoms with Crippen LogP contribution in [0.4, 0.5) is 4.79 Å². The molecule has 0 saturated heterocycles. The lowest BCUT2D eigenvalue weighted by Gasteiger charge is -2.19. The average Bonchev–Trinajstić information content (AvgIpc) is 2.90. The molecule has 29 heavy (non-hydrogen) atoms. The highest BCUT2D eigenvalue weighted by atomic mass is 16.6. The molecule has 1 rings (SSSR count). The van der Waals surface area contributed by atoms with E-state index in [1.165, 1.54) is 12.2 Å². The van der Waals surface area contributed by atoms with Crippen LogP contribution in [0.3, 0.4) is 0 Å². The van der Waals surface area contributed by atoms with Crippen molar-refractivity contribution in [3.8, 4) is 0 Å². The first kappa shape index (κ1) is 24.1. The number of nitrogens with zero attached hydrogens (tertiary/aromatic N) is 1. The number of aliphatic carboxylic acids is 1. The molecule has 0 saturated carbocycles. The zero-order valence-electron chi connectivity index (χ0n) is 17.0. The number of carboxylic acid groups (broad SMARTS) is 1. The zero-order valence-corrected chi connectivity index (χ0v) is 17.0. The van der Waals surface area contributed by atoms with Crippen molar-refractivity contribution in [3.63, 3.8) is 0 Å². The number of amides is 4. The van der Waals surface area contributed by atoms with Gasteiger partial charge in [-0.3, -0.25) is 19.3 Å². The maximum atomic E-state index is 12.0. The second-order valence-electron chi connectivity index (χ2n) is 7.65. The van der Waals surface area contributed by atoms with Crippen LogP contribution in [0.2, 0.25) is 0 Å². The molecule has 0 aliphatic carbocycles. The highest BCUT2D eigenvalue weighted by Crippen LogP contribution is 2.08. The van der Waals surface area contributed by atoms with Crippen molar-refractivity contribution in [2.24, 2.45) is 0 Å². The second-order valence-corrected chi connectivity index (χ2v) is 7.65. The van der Waals surface area contributed by atoms with Gasteiger partial charge in [-0.25, -0.2) is 9.59 Å². The molecule has 1 atom stereocenters. The van der Waals surface area contributed by atoms with Gasteiger partial charge >= 0.3 is 12.1 Å². The van der Waals surface area contributed by atoms with Gasteiger partial charge in [0.05, 0.1) is 0 Å². The fourth-order valence-corrected chi connectivity index (χ4v) is 2.55. The van der Waals surface area contributed by atoms with E-state index in [1.54, 1.807) is 20.8 Å². The van der Waals surface area contributed by atoms with Gasteiger partial charge in [0.2, 0.25) is 5.91 Å². The van der Waals surface area contributed by atoms with Crippen molar-refractivity contribution in [3.05, 3.63) is 12.2 Å². The van der Waals surface area contributed by atoms with E-state index < -0.39 is 41.4 Å². The Morgan fingerprint density at radius 1 is 1.10 bits per heavy atom. The maximum absolute atomic E-state index is 12.0. The summed E-state index contributed by atoms with van der Waals surface area (Å²) in [5, 5.41) is 14.3. The monoisotopic (exact) mass is 411 g/mol. The van der Waals surface area contributed by atoms with E-state index in [9.17, 15) is 29.1 Å². The van der Waals surface area contributed by atoms with Gasteiger partial charge in [0.15, 0.2) is 0 Å². The van der Waals surface area contributed by atoms with Crippen molar-refractivity contribution in [1.82, 2.24) is 15.5 Å². The van der Waals surface area contributed by atoms with Gasteiger partial charge in [0, 0.05) is 31.7 Å². The van der Waals surface area contributed by atoms with E-state index in [4.69, 9.17) is 4.74 Å². The number of unbranched alkanes of at least 4 members (excludes halogenated alkanes) is 1. The van der Waals surface area contributed by atoms with Gasteiger partial charge in [-0.1, -0.05) is 0 Å². The summed E-state index contributed by atoms with van der Waals surface area (Å²) in [4.78, 5) is 58.6. The number of carbonyl (C=O) groups is 5. The number of hydrogen-bond acceptors (Lipinski definition) is 6. The van der Waals surface area contributed by atoms with Crippen molar-refractivity contribution in [1.29, 1.82) is 0 Å². The Hall–Kier alpha value is -2.91. The zero-order chi connectivity index (χ0) is 22.0. The molecule has 0 fully saturated rings. The Morgan fingerprint density at radius 3 is 2.28 bits per heavy atom. The Morgan fingerprint density at radius 2 is 1.72 bits per heavy atom. The van der Waals surface area contributed by atoms with Gasteiger partial charge in [-0.05, 0) is 46.5 Å². The summed E-state index contributed by atoms with van der Waals surface area (Å²) in [5.74, 6) is -2.44. The predicted molar refractivity (Wildman–Crippen MR) is 103 cm³/mol. The SMILES string of the molecule is CC(C)(C)OC(=O)NCCCC[C@H](NC(=O)CCCN1C(=O)C=CC1=O)C(=O)O. The Kier molecular flexibility index (Phi) is 9.30. The predicted octanol–water partition coefficient (Wildman–Crippen LogP) is 0.956. The molecule has 1 heterocycles. The standard InChI is InChI=1S/C19H29N3O7/c1-19(2,3)29-18(28)20-11-5-4-7-13(17(26)27)21-14(23)8-6-12-22-15(24)9-10-16(22)25/h9-10,13H,4-8,11-12H2,1-3H3,(H,20,28)(H,21,23)(H,26,27)/t13-/m0/s1. The van der Waals surface area contributed by atoms with Crippen LogP contribution in [-0.2, 0) is 23.9 Å². The fourth-order valence-electron chi connectivity index (χ4n) is 2.55. The third-order valence-corrected chi connectivity index (χ3v) is 3.91. The lowest BCUT2D eigenvalue weighted by molar-refractivity contribution is -0.142. The van der Waals surface area contributed by atoms with Gasteiger partial charge in [-0.15, -0.1) is 0 Å². The Labute approximate surface area is 169 Å². The highest BCUT2D eigenvalue weighted by Gasteiger charge is 2.24. The minimum Gasteiger partial charge on any atom is -0.480 e. The van der Waals surface area contributed by atoms with Gasteiger partial charge < -0.3 is 20.5 Å². The first-order valence-electron chi connectivity index (χ1n) is 9.52. The topological polar surface area (TPSA) is 142 Å². The van der Waals surface area contributed by atoms with Gasteiger partial charge in [-0.2, -0.15) is 0 Å². The van der Waals surface area contributed by atoms with Crippen LogP contribution in [0.1, 0.15) is 52.9 Å². The molecule has 162 valence electrons. The first-order valence-corrected chi connectivity index (χ1v) is 9.52. The molecule has 0 aromatic heterocycles. The number of hydrogen-bond donors (Lipinski definition) is 3. The third-order valence-electron chi connectivity index (χ3n) is 3.91. The van der Waals surface area contributed by atoms with E-state index in [0.717, 1.165) is 4.90 Å². The number of alkyl carbamates (subject to hydrolysis) is 1. The lowest BCUT2D eigenvalue weighted by Crippen LogP contribution is -2.41. The summed E-state index contributed by atoms with van der Waals surface area (Å²) >= 11 is 0. The minimum absolute atomic E-state index is 0.00103. The fraction of sp³-hybridized carbons (Fsp3) is 0.632. The molecule has 1 aliphatic rings. The van der Waals surface area contributed by atoms with Gasteiger partial charge in [0.1, 0.15) is 11.6 Å². The van der Waals surface area contributed by atoms with Crippen LogP contribution in [0.15, 0.2) is 12.2 Å². The lowest BCUT2D eigenvalue weighted by atomic mass is 10.1. The van der Waals surface area contributed by atoms with E-state index in [-0.39, 0.29) is 25.8 Å². The molecule has 0 bridgehead atoms. The van der Waals surface area contributed by atoms with Crippen LogP contribution in [0, 0.1) is 0 Å². The summed E-state index contributed by atoms with van der Waals surface area (Å²) in [7, 11) is 0. The summed E-state index contributed by atoms with van der Waals surface area (Å²) in [6.07, 6.45) is 3.27. The summed E-state index contributed by atoms with van der Waals surface area (Å²) in [6, 6.07) is -1.04. The van der Waals surface area contributed by atoms with Crippen molar-refractivity contribution in [2.75, 3.05) is 13.1 Å². The molecule has 10 heteroatoms. The van der Waals surface area contributed by atoms with Crippen LogP contribution in [-0.4, -0.2) is 64.5 Å². The molecule has 10 nitrogen and oxygen atoms in total. The molecule has 1 aliphatic heterocycles. The molecule has 0 radical (unpaired) electrons. The van der Waals surface area contributed by atoms with Crippen LogP contribution < -0.4 is 10.6 Å². The van der Waals surface area contributed by atoms with Crippen LogP contribution in [0.25, 0.3) is 0 Å². The summed E-state index contributed by atoms with van der Waals surface area (Å²) < 4.78 is 5.09. The quantitative estimate of drug-likeness (QED) is 0.339. The summed E-state index contributed by atoms with van der Waals surface area (Å²) in [6.45, 7) is 5.70. The average molecular weight is 411 g/mol. The molecule has 3 N–H and O–H groups in total. The number of carbonyl (C=O) groups excluding carboxylic acids is 4. The second kappa shape index (κ2) is 11.2. The molecule has 0 spiro atoms. The molecular weight excluding hydrogens is 382 g/mol.